The van der Waals surface area contributed by atoms with Crippen molar-refractivity contribution in [3.8, 4) is 0 Å². The van der Waals surface area contributed by atoms with Crippen LogP contribution in [0.3, 0.4) is 0 Å². The maximum Gasteiger partial charge on any atom is 1.00 e. The van der Waals surface area contributed by atoms with E-state index in [2.05, 4.69) is 0 Å². The van der Waals surface area contributed by atoms with Crippen LogP contribution in [0.25, 0.3) is 0 Å². The molecule has 0 aromatic rings. The van der Waals surface area contributed by atoms with Gasteiger partial charge in [0, 0.05) is 41.7 Å². The average Bonchev–Trinajstić information content (AvgIpc) is 0.811. The first kappa shape index (κ1) is 15.7. The molecule has 0 saturated heterocycles. The first-order valence-corrected chi connectivity index (χ1v) is 0.651. The Morgan fingerprint density at radius 3 is 1.50 bits per heavy atom. The quantitative estimate of drug-likeness (QED) is 0.429. The third kappa shape index (κ3) is 61.0. The van der Waals surface area contributed by atoms with Crippen LogP contribution in [0.5, 0.6) is 0 Å². The smallest absolute Gasteiger partial charge is 1.00 e. The van der Waals surface area contributed by atoms with Crippen molar-refractivity contribution in [3.63, 3.8) is 0 Å². The number of hydrogen-bond donors (Lipinski definition) is 2. The van der Waals surface area contributed by atoms with Crippen LogP contribution in [0.15, 0.2) is 0 Å². The molecule has 3 nitrogen and oxygen atoms in total. The summed E-state index contributed by atoms with van der Waals surface area (Å²) in [5.74, 6) is 0. The summed E-state index contributed by atoms with van der Waals surface area (Å²) in [6.45, 7) is 0. The molecule has 2 N–H and O–H groups in total. The van der Waals surface area contributed by atoms with E-state index < -0.39 is 6.16 Å². The molecule has 0 rings (SSSR count). The number of hydrogen-bond acceptors (Lipinski definition) is 1. The molecule has 0 heterocycles. The Hall–Kier alpha value is 1.24. The fourth-order valence-electron chi connectivity index (χ4n) is 0. The molecule has 0 saturated carbocycles. The Bertz CT molecular complexity index is 37.9. The van der Waals surface area contributed by atoms with E-state index in [1.807, 2.05) is 0 Å². The summed E-state index contributed by atoms with van der Waals surface area (Å²) < 4.78 is 0. The molecule has 0 atom stereocenters. The molecule has 30 valence electrons. The van der Waals surface area contributed by atoms with E-state index in [1.54, 1.807) is 0 Å². The molecule has 0 aromatic heterocycles. The van der Waals surface area contributed by atoms with Crippen LogP contribution in [0.2, 0.25) is 0 Å². The van der Waals surface area contributed by atoms with Crippen molar-refractivity contribution in [1.82, 2.24) is 0 Å². The second-order valence-corrected chi connectivity index (χ2v) is 0.283. The van der Waals surface area contributed by atoms with E-state index in [9.17, 15) is 0 Å². The molecule has 5 heteroatoms. The molecule has 0 bridgehead atoms. The van der Waals surface area contributed by atoms with Crippen LogP contribution < -0.4 is 18.9 Å². The minimum absolute atomic E-state index is 0. The van der Waals surface area contributed by atoms with Crippen LogP contribution in [0.4, 0.5) is 4.79 Å². The minimum atomic E-state index is -1.83. The van der Waals surface area contributed by atoms with Gasteiger partial charge in [-0.2, -0.15) is 0 Å². The molecule has 6 heavy (non-hydrogen) atoms. The van der Waals surface area contributed by atoms with Crippen molar-refractivity contribution >= 4 is 6.16 Å². The maximum absolute atomic E-state index is 8.56. The van der Waals surface area contributed by atoms with Gasteiger partial charge in [-0.1, -0.05) is 0 Å². The van der Waals surface area contributed by atoms with Gasteiger partial charge in [0.25, 0.3) is 0 Å². The van der Waals surface area contributed by atoms with Crippen molar-refractivity contribution in [2.24, 2.45) is 0 Å². The van der Waals surface area contributed by atoms with Crippen LogP contribution >= 0.6 is 0 Å². The molecule has 0 radical (unpaired) electrons. The van der Waals surface area contributed by atoms with Crippen molar-refractivity contribution in [2.45, 2.75) is 0 Å². The third-order valence-electron chi connectivity index (χ3n) is 0. The van der Waals surface area contributed by atoms with Gasteiger partial charge in [0.2, 0.25) is 0 Å². The van der Waals surface area contributed by atoms with E-state index in [0.29, 0.717) is 0 Å². The standard InChI is InChI=1S/CH2O3.Ce.Li.H/c2-1(3)4;;;/h(H2,2,3,4);;;/q;;+1;-1. The van der Waals surface area contributed by atoms with Gasteiger partial charge in [-0.15, -0.1) is 0 Å². The molecule has 0 spiro atoms. The summed E-state index contributed by atoms with van der Waals surface area (Å²) in [5, 5.41) is 13.9. The summed E-state index contributed by atoms with van der Waals surface area (Å²) >= 11 is 0. The minimum Gasteiger partial charge on any atom is -1.00 e. The molecular weight excluding hydrogens is 207 g/mol. The molecule has 0 aliphatic carbocycles. The van der Waals surface area contributed by atoms with Gasteiger partial charge in [0.05, 0.1) is 0 Å². The average molecular weight is 210 g/mol. The molecule has 0 aromatic carbocycles. The zero-order valence-electron chi connectivity index (χ0n) is 4.30. The summed E-state index contributed by atoms with van der Waals surface area (Å²) in [7, 11) is 0. The molecule has 0 amide bonds. The summed E-state index contributed by atoms with van der Waals surface area (Å²) in [6, 6.07) is 0. The number of carboxylic acid groups (broad SMARTS) is 2. The first-order valence-electron chi connectivity index (χ1n) is 0.651. The SMILES string of the molecule is O=C(O)O.[Ce].[H-].[Li+]. The van der Waals surface area contributed by atoms with Crippen LogP contribution in [-0.2, 0) is 0 Å². The first-order chi connectivity index (χ1) is 1.73. The third-order valence-corrected chi connectivity index (χ3v) is 0. The fraction of sp³-hybridized carbons (Fsp3) is 0. The van der Waals surface area contributed by atoms with Crippen molar-refractivity contribution in [2.75, 3.05) is 0 Å². The predicted octanol–water partition coefficient (Wildman–Crippen LogP) is -2.66. The van der Waals surface area contributed by atoms with Crippen molar-refractivity contribution in [1.29, 1.82) is 0 Å². The van der Waals surface area contributed by atoms with E-state index in [4.69, 9.17) is 15.0 Å². The van der Waals surface area contributed by atoms with Gasteiger partial charge >= 0.3 is 25.0 Å². The zero-order chi connectivity index (χ0) is 3.58. The Morgan fingerprint density at radius 2 is 1.50 bits per heavy atom. The Kier molecular flexibility index (Phi) is 24.9. The molecule has 0 aliphatic heterocycles. The zero-order valence-corrected chi connectivity index (χ0v) is 6.44. The van der Waals surface area contributed by atoms with Gasteiger partial charge < -0.3 is 11.6 Å². The maximum atomic E-state index is 8.56. The largest absolute Gasteiger partial charge is 1.00 e. The van der Waals surface area contributed by atoms with E-state index in [0.717, 1.165) is 0 Å². The van der Waals surface area contributed by atoms with Crippen molar-refractivity contribution < 1.29 is 77.0 Å². The normalized spacial score (nSPS) is 4.00. The van der Waals surface area contributed by atoms with E-state index >= 15 is 0 Å². The van der Waals surface area contributed by atoms with E-state index in [-0.39, 0.29) is 62.0 Å². The number of carbonyl (C=O) groups is 1. The van der Waals surface area contributed by atoms with Crippen LogP contribution in [-0.4, -0.2) is 16.4 Å². The monoisotopic (exact) mass is 210 g/mol. The Labute approximate surface area is 82.2 Å². The fourth-order valence-corrected chi connectivity index (χ4v) is 0. The molecule has 0 fully saturated rings. The summed E-state index contributed by atoms with van der Waals surface area (Å²) in [4.78, 5) is 8.56. The topological polar surface area (TPSA) is 57.5 Å². The van der Waals surface area contributed by atoms with Gasteiger partial charge in [-0.25, -0.2) is 4.79 Å². The second kappa shape index (κ2) is 9.53. The Balaban J connectivity index is -0.0000000150. The van der Waals surface area contributed by atoms with Crippen LogP contribution in [0.1, 0.15) is 1.43 Å². The van der Waals surface area contributed by atoms with Crippen molar-refractivity contribution in [3.05, 3.63) is 0 Å². The second-order valence-electron chi connectivity index (χ2n) is 0.283. The van der Waals surface area contributed by atoms with Gasteiger partial charge in [0.1, 0.15) is 0 Å². The molecule has 0 aliphatic rings. The van der Waals surface area contributed by atoms with Gasteiger partial charge in [-0.05, 0) is 0 Å². The summed E-state index contributed by atoms with van der Waals surface area (Å²) in [5.41, 5.74) is 0. The number of rotatable bonds is 0. The Morgan fingerprint density at radius 1 is 1.50 bits per heavy atom. The van der Waals surface area contributed by atoms with Gasteiger partial charge in [-0.3, -0.25) is 0 Å². The van der Waals surface area contributed by atoms with Gasteiger partial charge in [0.15, 0.2) is 0 Å². The molecule has 0 unspecified atom stereocenters. The van der Waals surface area contributed by atoms with Crippen LogP contribution in [0, 0.1) is 41.7 Å². The summed E-state index contributed by atoms with van der Waals surface area (Å²) in [6.07, 6.45) is -1.83. The molecular formula is CH3CeLiO3. The predicted molar refractivity (Wildman–Crippen MR) is 11.8 cm³/mol. The van der Waals surface area contributed by atoms with E-state index in [1.165, 1.54) is 0 Å².